The van der Waals surface area contributed by atoms with Crippen LogP contribution in [0.15, 0.2) is 43.0 Å². The van der Waals surface area contributed by atoms with Gasteiger partial charge in [-0.3, -0.25) is 4.79 Å². The summed E-state index contributed by atoms with van der Waals surface area (Å²) in [6, 6.07) is 9.42. The van der Waals surface area contributed by atoms with E-state index in [1.807, 2.05) is 0 Å². The molecular weight excluding hydrogens is 395 g/mol. The normalized spacial score (nSPS) is 14.3. The first-order chi connectivity index (χ1) is 12.8. The van der Waals surface area contributed by atoms with Gasteiger partial charge < -0.3 is 10.0 Å². The fraction of sp³-hybridized carbons (Fsp3) is 0.250. The molecular formula is C20H17Cl2F2NO2. The number of aliphatic hydroxyl groups excluding tert-OH is 1. The van der Waals surface area contributed by atoms with E-state index in [9.17, 15) is 13.6 Å². The first kappa shape index (κ1) is 19.8. The van der Waals surface area contributed by atoms with Crippen molar-refractivity contribution in [3.8, 4) is 0 Å². The minimum Gasteiger partial charge on any atom is -0.390 e. The molecule has 0 fully saturated rings. The quantitative estimate of drug-likeness (QED) is 0.793. The molecule has 1 amide bonds. The van der Waals surface area contributed by atoms with Crippen molar-refractivity contribution in [2.24, 2.45) is 0 Å². The fourth-order valence-corrected chi connectivity index (χ4v) is 3.81. The van der Waals surface area contributed by atoms with E-state index in [0.717, 1.165) is 0 Å². The van der Waals surface area contributed by atoms with Crippen molar-refractivity contribution in [3.63, 3.8) is 0 Å². The number of amides is 1. The smallest absolute Gasteiger partial charge is 0.296 e. The Balaban J connectivity index is 1.89. The van der Waals surface area contributed by atoms with Gasteiger partial charge in [-0.05, 0) is 29.7 Å². The van der Waals surface area contributed by atoms with Crippen molar-refractivity contribution in [1.82, 2.24) is 4.90 Å². The average Bonchev–Trinajstić information content (AvgIpc) is 2.64. The van der Waals surface area contributed by atoms with Crippen LogP contribution in [0.2, 0.25) is 10.0 Å². The van der Waals surface area contributed by atoms with E-state index in [-0.39, 0.29) is 30.9 Å². The lowest BCUT2D eigenvalue weighted by atomic mass is 9.89. The first-order valence-electron chi connectivity index (χ1n) is 8.30. The lowest BCUT2D eigenvalue weighted by Gasteiger charge is -2.33. The number of hydrogen-bond acceptors (Lipinski definition) is 2. The van der Waals surface area contributed by atoms with Gasteiger partial charge in [0.2, 0.25) is 5.91 Å². The summed E-state index contributed by atoms with van der Waals surface area (Å²) in [6.07, 6.45) is 0.224. The number of halogens is 4. The van der Waals surface area contributed by atoms with Crippen LogP contribution in [-0.4, -0.2) is 29.1 Å². The number of carbonyl (C=O) groups excluding carboxylic acids is 1. The molecule has 0 unspecified atom stereocenters. The van der Waals surface area contributed by atoms with Crippen LogP contribution in [0.25, 0.3) is 5.70 Å². The largest absolute Gasteiger partial charge is 0.390 e. The van der Waals surface area contributed by atoms with Gasteiger partial charge in [-0.2, -0.15) is 8.78 Å². The van der Waals surface area contributed by atoms with Crippen LogP contribution in [0.1, 0.15) is 22.3 Å². The zero-order valence-electron chi connectivity index (χ0n) is 14.3. The van der Waals surface area contributed by atoms with Gasteiger partial charge in [-0.15, -0.1) is 0 Å². The summed E-state index contributed by atoms with van der Waals surface area (Å²) in [5.41, 5.74) is 1.52. The van der Waals surface area contributed by atoms with Gasteiger partial charge in [0.1, 0.15) is 6.61 Å². The monoisotopic (exact) mass is 411 g/mol. The fourth-order valence-electron chi connectivity index (χ4n) is 3.28. The molecule has 0 aromatic heterocycles. The Labute approximate surface area is 165 Å². The second-order valence-corrected chi connectivity index (χ2v) is 7.13. The topological polar surface area (TPSA) is 40.5 Å². The van der Waals surface area contributed by atoms with Crippen LogP contribution in [0.5, 0.6) is 0 Å². The molecule has 1 N–H and O–H groups in total. The number of benzene rings is 2. The molecule has 142 valence electrons. The molecule has 0 atom stereocenters. The molecule has 2 aromatic carbocycles. The molecule has 0 saturated carbocycles. The van der Waals surface area contributed by atoms with Crippen LogP contribution in [0.4, 0.5) is 8.78 Å². The van der Waals surface area contributed by atoms with Crippen molar-refractivity contribution in [2.45, 2.75) is 18.8 Å². The number of hydrogen-bond donors (Lipinski definition) is 1. The maximum atomic E-state index is 14.0. The number of rotatable bonds is 4. The zero-order valence-corrected chi connectivity index (χ0v) is 15.8. The molecule has 0 radical (unpaired) electrons. The number of nitrogens with zero attached hydrogens (tertiary/aromatic N) is 1. The molecule has 1 aliphatic rings. The van der Waals surface area contributed by atoms with Gasteiger partial charge in [0.15, 0.2) is 0 Å². The summed E-state index contributed by atoms with van der Waals surface area (Å²) in [7, 11) is 0. The van der Waals surface area contributed by atoms with Crippen molar-refractivity contribution >= 4 is 34.8 Å². The summed E-state index contributed by atoms with van der Waals surface area (Å²) in [5.74, 6) is -3.61. The van der Waals surface area contributed by atoms with Gasteiger partial charge in [-0.1, -0.05) is 54.0 Å². The summed E-state index contributed by atoms with van der Waals surface area (Å²) in [6.45, 7) is 2.86. The number of fused-ring (bicyclic) bond motifs is 1. The molecule has 2 aromatic rings. The molecule has 3 rings (SSSR count). The van der Waals surface area contributed by atoms with E-state index < -0.39 is 12.5 Å². The summed E-state index contributed by atoms with van der Waals surface area (Å²) in [5, 5.41) is 9.79. The van der Waals surface area contributed by atoms with E-state index in [0.29, 0.717) is 32.4 Å². The number of carbonyl (C=O) groups is 1. The van der Waals surface area contributed by atoms with Crippen LogP contribution in [0, 0.1) is 0 Å². The highest BCUT2D eigenvalue weighted by atomic mass is 35.5. The molecule has 7 heteroatoms. The predicted octanol–water partition coefficient (Wildman–Crippen LogP) is 4.68. The van der Waals surface area contributed by atoms with Gasteiger partial charge in [0.05, 0.1) is 6.42 Å². The molecule has 0 bridgehead atoms. The van der Waals surface area contributed by atoms with Crippen LogP contribution >= 0.6 is 23.2 Å². The Morgan fingerprint density at radius 1 is 1.19 bits per heavy atom. The number of alkyl halides is 2. The molecule has 27 heavy (non-hydrogen) atoms. The summed E-state index contributed by atoms with van der Waals surface area (Å²) in [4.78, 5) is 14.3. The Morgan fingerprint density at radius 2 is 1.81 bits per heavy atom. The Morgan fingerprint density at radius 3 is 2.44 bits per heavy atom. The van der Waals surface area contributed by atoms with E-state index in [1.165, 1.54) is 17.0 Å². The van der Waals surface area contributed by atoms with E-state index in [2.05, 4.69) is 6.58 Å². The highest BCUT2D eigenvalue weighted by Gasteiger charge is 2.36. The van der Waals surface area contributed by atoms with E-state index >= 15 is 0 Å². The Kier molecular flexibility index (Phi) is 5.56. The van der Waals surface area contributed by atoms with E-state index in [4.69, 9.17) is 28.3 Å². The van der Waals surface area contributed by atoms with Crippen molar-refractivity contribution < 1.29 is 18.7 Å². The highest BCUT2D eigenvalue weighted by molar-refractivity contribution is 6.36. The third kappa shape index (κ3) is 3.72. The van der Waals surface area contributed by atoms with Crippen molar-refractivity contribution in [3.05, 3.63) is 75.3 Å². The standard InChI is InChI=1S/C20H17Cl2F2NO2/c1-12-13-4-2-5-16(20(23,24)11-26)14(13)8-9-25(12)19(27)10-15-17(21)6-3-7-18(15)22/h2-7,26H,1,8-11H2. The first-order valence-corrected chi connectivity index (χ1v) is 9.05. The number of aliphatic hydroxyl groups is 1. The van der Waals surface area contributed by atoms with E-state index in [1.54, 1.807) is 24.3 Å². The zero-order chi connectivity index (χ0) is 19.8. The maximum Gasteiger partial charge on any atom is 0.296 e. The van der Waals surface area contributed by atoms with Crippen LogP contribution < -0.4 is 0 Å². The van der Waals surface area contributed by atoms with Gasteiger partial charge in [-0.25, -0.2) is 0 Å². The molecule has 3 nitrogen and oxygen atoms in total. The third-order valence-corrected chi connectivity index (χ3v) is 5.39. The molecule has 0 aliphatic carbocycles. The summed E-state index contributed by atoms with van der Waals surface area (Å²) < 4.78 is 28.1. The van der Waals surface area contributed by atoms with Gasteiger partial charge >= 0.3 is 0 Å². The van der Waals surface area contributed by atoms with Crippen molar-refractivity contribution in [1.29, 1.82) is 0 Å². The van der Waals surface area contributed by atoms with Gasteiger partial charge in [0.25, 0.3) is 5.92 Å². The summed E-state index contributed by atoms with van der Waals surface area (Å²) >= 11 is 12.3. The second kappa shape index (κ2) is 7.58. The molecule has 0 spiro atoms. The lowest BCUT2D eigenvalue weighted by Crippen LogP contribution is -2.37. The third-order valence-electron chi connectivity index (χ3n) is 4.68. The Hall–Kier alpha value is -1.95. The molecule has 0 saturated heterocycles. The predicted molar refractivity (Wildman–Crippen MR) is 102 cm³/mol. The minimum absolute atomic E-state index is 0.0145. The molecule has 1 aliphatic heterocycles. The Bertz CT molecular complexity index is 895. The highest BCUT2D eigenvalue weighted by Crippen LogP contribution is 2.37. The SMILES string of the molecule is C=C1c2cccc(C(F)(F)CO)c2CCN1C(=O)Cc1c(Cl)cccc1Cl. The van der Waals surface area contributed by atoms with Gasteiger partial charge in [0, 0.05) is 33.4 Å². The maximum absolute atomic E-state index is 14.0. The second-order valence-electron chi connectivity index (χ2n) is 6.31. The lowest BCUT2D eigenvalue weighted by molar-refractivity contribution is -0.127. The minimum atomic E-state index is -3.34. The van der Waals surface area contributed by atoms with Crippen LogP contribution in [-0.2, 0) is 23.6 Å². The molecule has 1 heterocycles. The van der Waals surface area contributed by atoms with Crippen molar-refractivity contribution in [2.75, 3.05) is 13.2 Å². The average molecular weight is 412 g/mol. The van der Waals surface area contributed by atoms with Crippen LogP contribution in [0.3, 0.4) is 0 Å².